The van der Waals surface area contributed by atoms with Gasteiger partial charge in [0.15, 0.2) is 0 Å². The average Bonchev–Trinajstić information content (AvgIpc) is 2.79. The van der Waals surface area contributed by atoms with E-state index in [1.54, 1.807) is 0 Å². The van der Waals surface area contributed by atoms with E-state index in [1.807, 2.05) is 0 Å². The van der Waals surface area contributed by atoms with Gasteiger partial charge in [-0.15, -0.1) is 0 Å². The van der Waals surface area contributed by atoms with Crippen molar-refractivity contribution in [3.05, 3.63) is 107 Å². The number of benzene rings is 5. The summed E-state index contributed by atoms with van der Waals surface area (Å²) in [5, 5.41) is 8.75. The lowest BCUT2D eigenvalue weighted by atomic mass is 9.76. The second kappa shape index (κ2) is 6.61. The summed E-state index contributed by atoms with van der Waals surface area (Å²) in [4.78, 5) is 0. The van der Waals surface area contributed by atoms with Crippen LogP contribution in [0.3, 0.4) is 0 Å². The molecule has 0 fully saturated rings. The summed E-state index contributed by atoms with van der Waals surface area (Å²) in [5.41, 5.74) is 4.43. The van der Waals surface area contributed by atoms with Gasteiger partial charge in [0, 0.05) is 16.3 Å². The fraction of sp³-hybridized carbons (Fsp3) is 0.143. The first-order valence-corrected chi connectivity index (χ1v) is 10.8. The molecular weight excluding hydrogens is 372 g/mol. The Bertz CT molecular complexity index is 1400. The number of fused-ring (bicyclic) bond motifs is 6. The summed E-state index contributed by atoms with van der Waals surface area (Å²) in [5.74, 6) is 0.428. The third-order valence-corrected chi connectivity index (χ3v) is 6.98. The number of aryl methyl sites for hydroxylation is 1. The van der Waals surface area contributed by atoms with Crippen LogP contribution in [-0.2, 0) is 6.42 Å². The van der Waals surface area contributed by atoms with Crippen molar-refractivity contribution in [2.75, 3.05) is 0 Å². The summed E-state index contributed by atoms with van der Waals surface area (Å²) < 4.78 is 0. The molecule has 0 aromatic heterocycles. The van der Waals surface area contributed by atoms with Gasteiger partial charge < -0.3 is 0 Å². The highest BCUT2D eigenvalue weighted by Crippen LogP contribution is 2.43. The van der Waals surface area contributed by atoms with Crippen molar-refractivity contribution < 1.29 is 0 Å². The van der Waals surface area contributed by atoms with Gasteiger partial charge in [0.05, 0.1) is 0 Å². The van der Waals surface area contributed by atoms with Crippen molar-refractivity contribution in [1.82, 2.24) is 0 Å². The maximum atomic E-state index is 6.50. The summed E-state index contributed by atoms with van der Waals surface area (Å²) in [6.45, 7) is 0. The summed E-state index contributed by atoms with van der Waals surface area (Å²) in [7, 11) is 0. The molecule has 1 aliphatic carbocycles. The highest BCUT2D eigenvalue weighted by Gasteiger charge is 2.25. The van der Waals surface area contributed by atoms with Crippen LogP contribution in [0.2, 0.25) is 5.02 Å². The lowest BCUT2D eigenvalue weighted by Gasteiger charge is -2.28. The van der Waals surface area contributed by atoms with E-state index in [0.717, 1.165) is 16.8 Å². The Kier molecular flexibility index (Phi) is 3.89. The summed E-state index contributed by atoms with van der Waals surface area (Å²) in [6, 6.07) is 30.9. The van der Waals surface area contributed by atoms with E-state index in [0.29, 0.717) is 5.92 Å². The zero-order valence-electron chi connectivity index (χ0n) is 16.2. The van der Waals surface area contributed by atoms with Crippen LogP contribution in [0.5, 0.6) is 0 Å². The molecule has 0 saturated heterocycles. The molecule has 0 saturated carbocycles. The van der Waals surface area contributed by atoms with Crippen molar-refractivity contribution in [1.29, 1.82) is 0 Å². The van der Waals surface area contributed by atoms with E-state index in [9.17, 15) is 0 Å². The van der Waals surface area contributed by atoms with Gasteiger partial charge in [-0.05, 0) is 69.0 Å². The number of rotatable bonds is 1. The van der Waals surface area contributed by atoms with E-state index in [-0.39, 0.29) is 0 Å². The van der Waals surface area contributed by atoms with Gasteiger partial charge in [0.25, 0.3) is 0 Å². The topological polar surface area (TPSA) is 0 Å². The van der Waals surface area contributed by atoms with Gasteiger partial charge in [-0.1, -0.05) is 90.5 Å². The van der Waals surface area contributed by atoms with Crippen LogP contribution in [0.15, 0.2) is 84.9 Å². The van der Waals surface area contributed by atoms with Gasteiger partial charge in [0.1, 0.15) is 0 Å². The Labute approximate surface area is 175 Å². The number of halogens is 1. The molecule has 5 aromatic rings. The van der Waals surface area contributed by atoms with E-state index >= 15 is 0 Å². The molecule has 0 spiro atoms. The van der Waals surface area contributed by atoms with Gasteiger partial charge in [-0.3, -0.25) is 0 Å². The minimum absolute atomic E-state index is 0.428. The molecule has 0 aliphatic heterocycles. The van der Waals surface area contributed by atoms with E-state index < -0.39 is 0 Å². The van der Waals surface area contributed by atoms with E-state index in [1.165, 1.54) is 56.5 Å². The minimum Gasteiger partial charge on any atom is -0.0837 e. The predicted molar refractivity (Wildman–Crippen MR) is 125 cm³/mol. The highest BCUT2D eigenvalue weighted by atomic mass is 35.5. The molecule has 1 heteroatoms. The fourth-order valence-electron chi connectivity index (χ4n) is 5.32. The highest BCUT2D eigenvalue weighted by molar-refractivity contribution is 6.35. The Hall–Kier alpha value is -2.83. The molecule has 140 valence electrons. The molecule has 0 N–H and O–H groups in total. The molecule has 1 aliphatic rings. The van der Waals surface area contributed by atoms with Crippen LogP contribution in [-0.4, -0.2) is 0 Å². The maximum Gasteiger partial charge on any atom is 0.0484 e. The third kappa shape index (κ3) is 2.59. The van der Waals surface area contributed by atoms with Crippen LogP contribution in [0.4, 0.5) is 0 Å². The quantitative estimate of drug-likeness (QED) is 0.252. The third-order valence-electron chi connectivity index (χ3n) is 6.65. The minimum atomic E-state index is 0.428. The smallest absolute Gasteiger partial charge is 0.0484 e. The Morgan fingerprint density at radius 1 is 0.586 bits per heavy atom. The van der Waals surface area contributed by atoms with Crippen LogP contribution in [0.25, 0.3) is 32.3 Å². The van der Waals surface area contributed by atoms with Crippen molar-refractivity contribution in [3.8, 4) is 0 Å². The second-order valence-electron chi connectivity index (χ2n) is 8.14. The lowest BCUT2D eigenvalue weighted by molar-refractivity contribution is 0.622. The maximum absolute atomic E-state index is 6.50. The molecule has 1 unspecified atom stereocenters. The normalized spacial score (nSPS) is 16.4. The fourth-order valence-corrected chi connectivity index (χ4v) is 5.55. The molecule has 29 heavy (non-hydrogen) atoms. The average molecular weight is 393 g/mol. The van der Waals surface area contributed by atoms with Gasteiger partial charge >= 0.3 is 0 Å². The van der Waals surface area contributed by atoms with Gasteiger partial charge in [0.2, 0.25) is 0 Å². The van der Waals surface area contributed by atoms with Crippen molar-refractivity contribution >= 4 is 43.9 Å². The number of hydrogen-bond donors (Lipinski definition) is 0. The van der Waals surface area contributed by atoms with Crippen molar-refractivity contribution in [2.24, 2.45) is 0 Å². The molecule has 1 atom stereocenters. The van der Waals surface area contributed by atoms with Crippen LogP contribution in [0, 0.1) is 0 Å². The zero-order valence-corrected chi connectivity index (χ0v) is 16.9. The van der Waals surface area contributed by atoms with E-state index in [4.69, 9.17) is 11.6 Å². The second-order valence-corrected chi connectivity index (χ2v) is 8.55. The van der Waals surface area contributed by atoms with Gasteiger partial charge in [-0.25, -0.2) is 0 Å². The first kappa shape index (κ1) is 17.1. The molecule has 5 aromatic carbocycles. The lowest BCUT2D eigenvalue weighted by Crippen LogP contribution is -2.12. The van der Waals surface area contributed by atoms with Crippen LogP contribution in [0.1, 0.15) is 35.4 Å². The summed E-state index contributed by atoms with van der Waals surface area (Å²) in [6.07, 6.45) is 3.57. The predicted octanol–water partition coefficient (Wildman–Crippen LogP) is 8.27. The largest absolute Gasteiger partial charge is 0.0837 e. The van der Waals surface area contributed by atoms with Crippen molar-refractivity contribution in [2.45, 2.75) is 25.2 Å². The Balaban J connectivity index is 1.61. The molecule has 0 radical (unpaired) electrons. The first-order chi connectivity index (χ1) is 14.3. The zero-order chi connectivity index (χ0) is 19.4. The molecular formula is C28H21Cl. The molecule has 0 bridgehead atoms. The summed E-state index contributed by atoms with van der Waals surface area (Å²) >= 11 is 6.50. The molecule has 0 amide bonds. The Morgan fingerprint density at radius 3 is 2.21 bits per heavy atom. The molecule has 6 rings (SSSR count). The van der Waals surface area contributed by atoms with Crippen LogP contribution >= 0.6 is 11.6 Å². The van der Waals surface area contributed by atoms with Crippen molar-refractivity contribution in [3.63, 3.8) is 0 Å². The van der Waals surface area contributed by atoms with Gasteiger partial charge in [-0.2, -0.15) is 0 Å². The van der Waals surface area contributed by atoms with Crippen LogP contribution < -0.4 is 0 Å². The monoisotopic (exact) mass is 392 g/mol. The SMILES string of the molecule is Clc1ccc(C2CCCc3c2ccc2c3ccc3ccccc32)c2ccccc12. The molecule has 0 nitrogen and oxygen atoms in total. The van der Waals surface area contributed by atoms with E-state index in [2.05, 4.69) is 84.9 Å². The first-order valence-electron chi connectivity index (χ1n) is 10.4. The number of hydrogen-bond acceptors (Lipinski definition) is 0. The standard InChI is InChI=1S/C28H21Cl/c29-28-17-16-26(22-8-3-4-9-27(22)28)21-11-5-10-20-24-13-12-18-6-1-2-7-19(18)23(24)14-15-25(20)21/h1-4,6-9,12-17,21H,5,10-11H2. The Morgan fingerprint density at radius 2 is 1.31 bits per heavy atom. The molecule has 0 heterocycles.